The quantitative estimate of drug-likeness (QED) is 0.631. The predicted molar refractivity (Wildman–Crippen MR) is 106 cm³/mol. The Bertz CT molecular complexity index is 1150. The minimum Gasteiger partial charge on any atom is -0.346 e. The van der Waals surface area contributed by atoms with E-state index in [0.717, 1.165) is 6.07 Å². The fourth-order valence-electron chi connectivity index (χ4n) is 2.69. The van der Waals surface area contributed by atoms with Crippen LogP contribution in [0.15, 0.2) is 77.7 Å². The zero-order chi connectivity index (χ0) is 21.0. The number of para-hydroxylation sites is 1. The number of benzene rings is 3. The number of hydrogen-bond acceptors (Lipinski definition) is 3. The van der Waals surface area contributed by atoms with Gasteiger partial charge in [-0.15, -0.1) is 0 Å². The van der Waals surface area contributed by atoms with Gasteiger partial charge < -0.3 is 5.32 Å². The number of anilines is 1. The normalized spacial score (nSPS) is 12.2. The second-order valence-electron chi connectivity index (χ2n) is 6.36. The molecule has 0 aliphatic heterocycles. The maximum Gasteiger partial charge on any atom is 0.262 e. The zero-order valence-corrected chi connectivity index (χ0v) is 16.2. The van der Waals surface area contributed by atoms with E-state index in [1.54, 1.807) is 13.0 Å². The van der Waals surface area contributed by atoms with Crippen molar-refractivity contribution in [3.63, 3.8) is 0 Å². The van der Waals surface area contributed by atoms with E-state index in [1.807, 2.05) is 0 Å². The molecule has 150 valence electrons. The van der Waals surface area contributed by atoms with Crippen molar-refractivity contribution >= 4 is 21.6 Å². The van der Waals surface area contributed by atoms with Crippen LogP contribution < -0.4 is 10.0 Å². The van der Waals surface area contributed by atoms with Crippen LogP contribution in [0.4, 0.5) is 14.5 Å². The largest absolute Gasteiger partial charge is 0.346 e. The summed E-state index contributed by atoms with van der Waals surface area (Å²) in [6.45, 7) is 1.69. The van der Waals surface area contributed by atoms with Crippen molar-refractivity contribution in [3.8, 4) is 0 Å². The number of sulfonamides is 1. The Morgan fingerprint density at radius 1 is 0.931 bits per heavy atom. The molecule has 0 aliphatic carbocycles. The zero-order valence-electron chi connectivity index (χ0n) is 15.4. The van der Waals surface area contributed by atoms with Gasteiger partial charge in [0, 0.05) is 5.56 Å². The third-order valence-corrected chi connectivity index (χ3v) is 5.58. The van der Waals surface area contributed by atoms with Crippen LogP contribution in [0.3, 0.4) is 0 Å². The van der Waals surface area contributed by atoms with Crippen molar-refractivity contribution < 1.29 is 22.0 Å². The van der Waals surface area contributed by atoms with Gasteiger partial charge in [-0.05, 0) is 55.0 Å². The van der Waals surface area contributed by atoms with E-state index in [9.17, 15) is 22.0 Å². The summed E-state index contributed by atoms with van der Waals surface area (Å²) in [4.78, 5) is 12.3. The van der Waals surface area contributed by atoms with Gasteiger partial charge in [0.2, 0.25) is 0 Å². The van der Waals surface area contributed by atoms with E-state index in [0.29, 0.717) is 5.56 Å². The van der Waals surface area contributed by atoms with Gasteiger partial charge in [-0.1, -0.05) is 30.3 Å². The third kappa shape index (κ3) is 4.97. The highest BCUT2D eigenvalue weighted by molar-refractivity contribution is 7.92. The predicted octanol–water partition coefficient (Wildman–Crippen LogP) is 4.26. The molecule has 0 fully saturated rings. The van der Waals surface area contributed by atoms with Crippen molar-refractivity contribution in [3.05, 3.63) is 95.6 Å². The monoisotopic (exact) mass is 416 g/mol. The van der Waals surface area contributed by atoms with Crippen LogP contribution >= 0.6 is 0 Å². The maximum atomic E-state index is 13.8. The van der Waals surface area contributed by atoms with E-state index in [-0.39, 0.29) is 16.1 Å². The fraction of sp³-hybridized carbons (Fsp3) is 0.0952. The maximum absolute atomic E-state index is 13.8. The van der Waals surface area contributed by atoms with Gasteiger partial charge in [0.15, 0.2) is 0 Å². The molecule has 0 saturated carbocycles. The second kappa shape index (κ2) is 8.40. The van der Waals surface area contributed by atoms with Crippen LogP contribution in [0.5, 0.6) is 0 Å². The molecular weight excluding hydrogens is 398 g/mol. The summed E-state index contributed by atoms with van der Waals surface area (Å²) >= 11 is 0. The summed E-state index contributed by atoms with van der Waals surface area (Å²) in [5, 5.41) is 2.70. The minimum absolute atomic E-state index is 0.102. The van der Waals surface area contributed by atoms with E-state index in [2.05, 4.69) is 10.0 Å². The first-order valence-electron chi connectivity index (χ1n) is 8.70. The van der Waals surface area contributed by atoms with Crippen LogP contribution in [-0.2, 0) is 10.0 Å². The van der Waals surface area contributed by atoms with Crippen molar-refractivity contribution in [2.24, 2.45) is 0 Å². The average molecular weight is 416 g/mol. The number of rotatable bonds is 6. The number of nitrogens with one attached hydrogen (secondary N) is 2. The fourth-order valence-corrected chi connectivity index (χ4v) is 3.80. The van der Waals surface area contributed by atoms with Crippen molar-refractivity contribution in [1.82, 2.24) is 5.32 Å². The van der Waals surface area contributed by atoms with Crippen LogP contribution in [0.25, 0.3) is 0 Å². The van der Waals surface area contributed by atoms with Gasteiger partial charge in [-0.2, -0.15) is 0 Å². The number of carbonyl (C=O) groups is 1. The van der Waals surface area contributed by atoms with Crippen LogP contribution in [0, 0.1) is 11.6 Å². The first-order chi connectivity index (χ1) is 13.8. The van der Waals surface area contributed by atoms with E-state index >= 15 is 0 Å². The first-order valence-corrected chi connectivity index (χ1v) is 10.2. The van der Waals surface area contributed by atoms with Crippen molar-refractivity contribution in [2.75, 3.05) is 4.72 Å². The summed E-state index contributed by atoms with van der Waals surface area (Å²) in [6, 6.07) is 16.1. The molecule has 0 spiro atoms. The number of hydrogen-bond donors (Lipinski definition) is 2. The molecule has 2 N–H and O–H groups in total. The molecule has 1 amide bonds. The summed E-state index contributed by atoms with van der Waals surface area (Å²) < 4.78 is 54.4. The van der Waals surface area contributed by atoms with Gasteiger partial charge >= 0.3 is 0 Å². The lowest BCUT2D eigenvalue weighted by Gasteiger charge is -2.15. The second-order valence-corrected chi connectivity index (χ2v) is 8.05. The highest BCUT2D eigenvalue weighted by atomic mass is 32.2. The van der Waals surface area contributed by atoms with Gasteiger partial charge in [0.25, 0.3) is 15.9 Å². The Morgan fingerprint density at radius 2 is 1.66 bits per heavy atom. The highest BCUT2D eigenvalue weighted by Crippen LogP contribution is 2.20. The van der Waals surface area contributed by atoms with Crippen LogP contribution in [0.2, 0.25) is 0 Å². The van der Waals surface area contributed by atoms with Crippen LogP contribution in [0.1, 0.15) is 28.9 Å². The van der Waals surface area contributed by atoms with E-state index in [4.69, 9.17) is 0 Å². The van der Waals surface area contributed by atoms with Crippen molar-refractivity contribution in [2.45, 2.75) is 17.9 Å². The molecular formula is C21H18F2N2O3S. The third-order valence-electron chi connectivity index (χ3n) is 4.22. The Hall–Kier alpha value is -3.26. The standard InChI is InChI=1S/C21H18F2N2O3S/c1-14(15-6-4-8-17(22)12-15)24-21(26)16-7-5-9-18(13-16)29(27,28)25-20-11-3-2-10-19(20)23/h2-14,25H,1H3,(H,24,26). The lowest BCUT2D eigenvalue weighted by Crippen LogP contribution is -2.27. The van der Waals surface area contributed by atoms with Gasteiger partial charge in [0.1, 0.15) is 11.6 Å². The summed E-state index contributed by atoms with van der Waals surface area (Å²) in [6.07, 6.45) is 0. The molecule has 8 heteroatoms. The lowest BCUT2D eigenvalue weighted by molar-refractivity contribution is 0.0939. The molecule has 0 radical (unpaired) electrons. The molecule has 0 bridgehead atoms. The molecule has 3 aromatic carbocycles. The topological polar surface area (TPSA) is 75.3 Å². The minimum atomic E-state index is -4.10. The van der Waals surface area contributed by atoms with Gasteiger partial charge in [-0.3, -0.25) is 9.52 Å². The Kier molecular flexibility index (Phi) is 5.93. The van der Waals surface area contributed by atoms with Gasteiger partial charge in [-0.25, -0.2) is 17.2 Å². The number of carbonyl (C=O) groups excluding carboxylic acids is 1. The first kappa shape index (κ1) is 20.5. The SMILES string of the molecule is CC(NC(=O)c1cccc(S(=O)(=O)Nc2ccccc2F)c1)c1cccc(F)c1. The Labute approximate surface area is 167 Å². The number of halogens is 2. The smallest absolute Gasteiger partial charge is 0.262 e. The van der Waals surface area contributed by atoms with E-state index in [1.165, 1.54) is 60.7 Å². The van der Waals surface area contributed by atoms with E-state index < -0.39 is 33.6 Å². The van der Waals surface area contributed by atoms with Crippen molar-refractivity contribution in [1.29, 1.82) is 0 Å². The Balaban J connectivity index is 1.79. The molecule has 1 atom stereocenters. The molecule has 29 heavy (non-hydrogen) atoms. The molecule has 3 rings (SSSR count). The molecule has 0 aliphatic rings. The molecule has 0 saturated heterocycles. The summed E-state index contributed by atoms with van der Waals surface area (Å²) in [5.41, 5.74) is 0.482. The van der Waals surface area contributed by atoms with Crippen LogP contribution in [-0.4, -0.2) is 14.3 Å². The molecule has 1 unspecified atom stereocenters. The Morgan fingerprint density at radius 3 is 2.38 bits per heavy atom. The lowest BCUT2D eigenvalue weighted by atomic mass is 10.1. The molecule has 0 heterocycles. The molecule has 0 aromatic heterocycles. The number of amides is 1. The summed E-state index contributed by atoms with van der Waals surface area (Å²) in [7, 11) is -4.10. The average Bonchev–Trinajstić information content (AvgIpc) is 2.69. The summed E-state index contributed by atoms with van der Waals surface area (Å²) in [5.74, 6) is -1.66. The highest BCUT2D eigenvalue weighted by Gasteiger charge is 2.19. The molecule has 3 aromatic rings. The molecule has 5 nitrogen and oxygen atoms in total. The van der Waals surface area contributed by atoms with Gasteiger partial charge in [0.05, 0.1) is 16.6 Å².